The van der Waals surface area contributed by atoms with E-state index in [-0.39, 0.29) is 24.1 Å². The van der Waals surface area contributed by atoms with Gasteiger partial charge in [0.25, 0.3) is 5.91 Å². The zero-order chi connectivity index (χ0) is 25.5. The van der Waals surface area contributed by atoms with Gasteiger partial charge in [0, 0.05) is 12.2 Å². The molecule has 0 unspecified atom stereocenters. The molecule has 3 N–H and O–H groups in total. The van der Waals surface area contributed by atoms with Crippen molar-refractivity contribution in [1.82, 2.24) is 10.3 Å². The van der Waals surface area contributed by atoms with Gasteiger partial charge in [-0.15, -0.1) is 11.3 Å². The molecule has 0 radical (unpaired) electrons. The van der Waals surface area contributed by atoms with E-state index < -0.39 is 0 Å². The minimum absolute atomic E-state index is 0.0100. The molecule has 0 atom stereocenters. The molecule has 2 aliphatic rings. The van der Waals surface area contributed by atoms with Gasteiger partial charge in [-0.3, -0.25) is 9.69 Å². The maximum absolute atomic E-state index is 13.4. The lowest BCUT2D eigenvalue weighted by Crippen LogP contribution is -2.39. The second-order valence-electron chi connectivity index (χ2n) is 9.42. The highest BCUT2D eigenvalue weighted by molar-refractivity contribution is 7.21. The second-order valence-corrected chi connectivity index (χ2v) is 10.4. The molecule has 188 valence electrons. The van der Waals surface area contributed by atoms with E-state index in [1.54, 1.807) is 17.2 Å². The van der Waals surface area contributed by atoms with Gasteiger partial charge in [0.2, 0.25) is 0 Å². The minimum Gasteiger partial charge on any atom is -0.457 e. The Morgan fingerprint density at radius 1 is 1.08 bits per heavy atom. The quantitative estimate of drug-likeness (QED) is 0.298. The Balaban J connectivity index is 1.32. The van der Waals surface area contributed by atoms with E-state index >= 15 is 0 Å². The Bertz CT molecular complexity index is 1500. The molecular formula is C28H26N4O4S. The summed E-state index contributed by atoms with van der Waals surface area (Å²) in [6.45, 7) is 1.93. The Hall–Kier alpha value is -3.95. The maximum atomic E-state index is 13.4. The second kappa shape index (κ2) is 9.49. The summed E-state index contributed by atoms with van der Waals surface area (Å²) < 4.78 is 5.95. The molecule has 4 aromatic rings. The summed E-state index contributed by atoms with van der Waals surface area (Å²) in [5, 5.41) is 16.6. The number of ether oxygens (including phenoxy) is 1. The third-order valence-electron chi connectivity index (χ3n) is 6.87. The first-order valence-corrected chi connectivity index (χ1v) is 13.1. The van der Waals surface area contributed by atoms with Crippen molar-refractivity contribution in [2.24, 2.45) is 0 Å². The number of rotatable bonds is 5. The summed E-state index contributed by atoms with van der Waals surface area (Å²) in [6.07, 6.45) is 4.19. The molecule has 9 heteroatoms. The number of nitrogens with one attached hydrogen (secondary N) is 2. The number of hydrogen-bond donors (Lipinski definition) is 3. The number of hydrogen-bond acceptors (Lipinski definition) is 6. The number of carbonyl (C=O) groups is 2. The van der Waals surface area contributed by atoms with Crippen LogP contribution in [0.25, 0.3) is 10.2 Å². The fourth-order valence-electron chi connectivity index (χ4n) is 5.02. The number of aromatic nitrogens is 1. The Morgan fingerprint density at radius 2 is 1.86 bits per heavy atom. The first-order chi connectivity index (χ1) is 18.0. The van der Waals surface area contributed by atoms with Crippen molar-refractivity contribution in [1.29, 1.82) is 0 Å². The van der Waals surface area contributed by atoms with Crippen molar-refractivity contribution in [3.8, 4) is 11.5 Å². The molecule has 2 aromatic heterocycles. The topological polar surface area (TPSA) is 104 Å². The number of nitrogens with zero attached hydrogens (tertiary/aromatic N) is 2. The fraction of sp³-hybridized carbons (Fsp3) is 0.250. The van der Waals surface area contributed by atoms with Crippen LogP contribution in [0.1, 0.15) is 40.9 Å². The molecule has 37 heavy (non-hydrogen) atoms. The average molecular weight is 515 g/mol. The average Bonchev–Trinajstić information content (AvgIpc) is 3.27. The molecule has 0 spiro atoms. The molecular weight excluding hydrogens is 488 g/mol. The summed E-state index contributed by atoms with van der Waals surface area (Å²) in [6, 6.07) is 16.6. The zero-order valence-electron chi connectivity index (χ0n) is 20.2. The first-order valence-electron chi connectivity index (χ1n) is 12.3. The molecule has 0 saturated heterocycles. The number of para-hydroxylation sites is 1. The lowest BCUT2D eigenvalue weighted by molar-refractivity contribution is 0.0872. The molecule has 8 nitrogen and oxygen atoms in total. The van der Waals surface area contributed by atoms with Gasteiger partial charge in [-0.05, 0) is 74.6 Å². The van der Waals surface area contributed by atoms with Crippen molar-refractivity contribution in [2.75, 3.05) is 10.2 Å². The van der Waals surface area contributed by atoms with E-state index in [1.165, 1.54) is 11.3 Å². The first kappa shape index (κ1) is 23.4. The van der Waals surface area contributed by atoms with Crippen molar-refractivity contribution in [3.05, 3.63) is 71.2 Å². The largest absolute Gasteiger partial charge is 0.457 e. The van der Waals surface area contributed by atoms with Gasteiger partial charge < -0.3 is 20.5 Å². The van der Waals surface area contributed by atoms with Gasteiger partial charge >= 0.3 is 6.03 Å². The molecule has 0 bridgehead atoms. The van der Waals surface area contributed by atoms with Crippen LogP contribution in [0.2, 0.25) is 0 Å². The number of benzene rings is 2. The Kier molecular flexibility index (Phi) is 6.02. The number of aliphatic hydroxyl groups excluding tert-OH is 1. The maximum Gasteiger partial charge on any atom is 0.331 e. The summed E-state index contributed by atoms with van der Waals surface area (Å²) in [5.41, 5.74) is 2.76. The number of carbonyl (C=O) groups excluding carboxylic acids is 2. The highest BCUT2D eigenvalue weighted by Gasteiger charge is 2.34. The van der Waals surface area contributed by atoms with E-state index in [9.17, 15) is 14.7 Å². The molecule has 3 heterocycles. The lowest BCUT2D eigenvalue weighted by atomic mass is 9.93. The summed E-state index contributed by atoms with van der Waals surface area (Å²) in [4.78, 5) is 33.9. The molecule has 1 fully saturated rings. The highest BCUT2D eigenvalue weighted by Crippen LogP contribution is 2.46. The highest BCUT2D eigenvalue weighted by atomic mass is 32.1. The van der Waals surface area contributed by atoms with Crippen LogP contribution in [0, 0.1) is 6.92 Å². The minimum atomic E-state index is -0.340. The fourth-order valence-corrected chi connectivity index (χ4v) is 6.04. The number of anilines is 3. The molecule has 1 saturated carbocycles. The van der Waals surface area contributed by atoms with Crippen molar-refractivity contribution in [2.45, 2.75) is 44.8 Å². The SMILES string of the molecule is Cc1cc(Oc2ccccc2)ccc1N1C(=O)Nc2c(C(=O)NC3CCC(O)CC3)sc3nccc1c23. The summed E-state index contributed by atoms with van der Waals surface area (Å²) >= 11 is 1.27. The third-order valence-corrected chi connectivity index (χ3v) is 7.97. The van der Waals surface area contributed by atoms with Crippen LogP contribution >= 0.6 is 11.3 Å². The van der Waals surface area contributed by atoms with E-state index in [0.29, 0.717) is 45.4 Å². The lowest BCUT2D eigenvalue weighted by Gasteiger charge is -2.30. The van der Waals surface area contributed by atoms with Crippen LogP contribution in [0.4, 0.5) is 21.9 Å². The van der Waals surface area contributed by atoms with E-state index in [1.807, 2.05) is 55.5 Å². The van der Waals surface area contributed by atoms with Gasteiger partial charge in [-0.1, -0.05) is 18.2 Å². The molecule has 6 rings (SSSR count). The van der Waals surface area contributed by atoms with Crippen LogP contribution in [0.5, 0.6) is 11.5 Å². The number of pyridine rings is 1. The van der Waals surface area contributed by atoms with Gasteiger partial charge in [-0.2, -0.15) is 0 Å². The zero-order valence-corrected chi connectivity index (χ0v) is 21.0. The number of urea groups is 1. The van der Waals surface area contributed by atoms with Crippen LogP contribution in [0.15, 0.2) is 60.8 Å². The van der Waals surface area contributed by atoms with Crippen molar-refractivity contribution < 1.29 is 19.4 Å². The van der Waals surface area contributed by atoms with Crippen LogP contribution < -0.4 is 20.3 Å². The van der Waals surface area contributed by atoms with E-state index in [0.717, 1.165) is 29.5 Å². The van der Waals surface area contributed by atoms with Gasteiger partial charge in [0.1, 0.15) is 21.2 Å². The standard InChI is InChI=1S/C28H26N4O4S/c1-16-15-20(36-19-5-3-2-4-6-19)11-12-21(16)32-22-13-14-29-27-23(22)24(31-28(32)35)25(37-27)26(34)30-17-7-9-18(33)10-8-17/h2-6,11-15,17-18,33H,7-10H2,1H3,(H,30,34)(H,31,35). The van der Waals surface area contributed by atoms with E-state index in [4.69, 9.17) is 4.74 Å². The van der Waals surface area contributed by atoms with Crippen LogP contribution in [0.3, 0.4) is 0 Å². The normalized spacial score (nSPS) is 19.0. The molecule has 1 aliphatic carbocycles. The summed E-state index contributed by atoms with van der Waals surface area (Å²) in [5.74, 6) is 1.19. The van der Waals surface area contributed by atoms with Gasteiger partial charge in [0.15, 0.2) is 0 Å². The summed E-state index contributed by atoms with van der Waals surface area (Å²) in [7, 11) is 0. The smallest absolute Gasteiger partial charge is 0.331 e. The number of amides is 3. The Morgan fingerprint density at radius 3 is 2.62 bits per heavy atom. The predicted molar refractivity (Wildman–Crippen MR) is 144 cm³/mol. The Labute approximate surface area is 217 Å². The number of aryl methyl sites for hydroxylation is 1. The predicted octanol–water partition coefficient (Wildman–Crippen LogP) is 6.11. The van der Waals surface area contributed by atoms with E-state index in [2.05, 4.69) is 15.6 Å². The monoisotopic (exact) mass is 514 g/mol. The van der Waals surface area contributed by atoms with Gasteiger partial charge in [0.05, 0.1) is 28.6 Å². The van der Waals surface area contributed by atoms with Gasteiger partial charge in [-0.25, -0.2) is 9.78 Å². The molecule has 1 aliphatic heterocycles. The van der Waals surface area contributed by atoms with Crippen molar-refractivity contribution in [3.63, 3.8) is 0 Å². The number of aliphatic hydroxyl groups is 1. The molecule has 2 aromatic carbocycles. The number of thiophene rings is 1. The molecule has 3 amide bonds. The van der Waals surface area contributed by atoms with Crippen LogP contribution in [-0.2, 0) is 0 Å². The van der Waals surface area contributed by atoms with Crippen LogP contribution in [-0.4, -0.2) is 34.2 Å². The van der Waals surface area contributed by atoms with Crippen molar-refractivity contribution >= 4 is 50.6 Å². The third kappa shape index (κ3) is 4.41.